The highest BCUT2D eigenvalue weighted by Crippen LogP contribution is 2.13. The highest BCUT2D eigenvalue weighted by molar-refractivity contribution is 5.28. The van der Waals surface area contributed by atoms with Gasteiger partial charge in [0, 0.05) is 33.2 Å². The zero-order chi connectivity index (χ0) is 12.3. The molecule has 0 bridgehead atoms. The summed E-state index contributed by atoms with van der Waals surface area (Å²) in [4.78, 5) is 4.38. The quantitative estimate of drug-likeness (QED) is 0.712. The van der Waals surface area contributed by atoms with Crippen LogP contribution >= 0.6 is 0 Å². The van der Waals surface area contributed by atoms with Gasteiger partial charge in [-0.3, -0.25) is 4.90 Å². The predicted octanol–water partition coefficient (Wildman–Crippen LogP) is -0.366. The standard InChI is InChI=1S/C10H17N7/c1-3-9(8-11)16-4-6-17(7-5-16)10-12-13-14-15(10)2/h9H,3-7H2,1-2H3. The molecule has 1 fully saturated rings. The van der Waals surface area contributed by atoms with E-state index in [-0.39, 0.29) is 6.04 Å². The van der Waals surface area contributed by atoms with E-state index in [2.05, 4.69) is 31.4 Å². The van der Waals surface area contributed by atoms with Crippen molar-refractivity contribution >= 4 is 5.95 Å². The first-order valence-corrected chi connectivity index (χ1v) is 5.87. The van der Waals surface area contributed by atoms with Gasteiger partial charge in [-0.25, -0.2) is 4.68 Å². The van der Waals surface area contributed by atoms with Gasteiger partial charge in [-0.2, -0.15) is 5.26 Å². The summed E-state index contributed by atoms with van der Waals surface area (Å²) >= 11 is 0. The Balaban J connectivity index is 1.95. The number of aromatic nitrogens is 4. The van der Waals surface area contributed by atoms with Crippen LogP contribution in [-0.2, 0) is 7.05 Å². The van der Waals surface area contributed by atoms with Crippen LogP contribution < -0.4 is 4.90 Å². The first kappa shape index (κ1) is 11.8. The van der Waals surface area contributed by atoms with E-state index < -0.39 is 0 Å². The van der Waals surface area contributed by atoms with Gasteiger partial charge in [-0.15, -0.1) is 0 Å². The Morgan fingerprint density at radius 2 is 2.06 bits per heavy atom. The van der Waals surface area contributed by atoms with Crippen LogP contribution in [0.25, 0.3) is 0 Å². The number of tetrazole rings is 1. The van der Waals surface area contributed by atoms with Crippen LogP contribution in [0.4, 0.5) is 5.95 Å². The molecule has 1 aromatic rings. The van der Waals surface area contributed by atoms with Gasteiger partial charge in [-0.1, -0.05) is 12.0 Å². The van der Waals surface area contributed by atoms with Crippen molar-refractivity contribution in [3.8, 4) is 6.07 Å². The molecule has 2 heterocycles. The van der Waals surface area contributed by atoms with E-state index in [1.807, 2.05) is 14.0 Å². The summed E-state index contributed by atoms with van der Waals surface area (Å²) in [6, 6.07) is 2.38. The van der Waals surface area contributed by atoms with Gasteiger partial charge < -0.3 is 4.90 Å². The van der Waals surface area contributed by atoms with Gasteiger partial charge in [0.1, 0.15) is 0 Å². The maximum Gasteiger partial charge on any atom is 0.245 e. The number of rotatable bonds is 3. The Bertz CT molecular complexity index is 399. The molecule has 1 atom stereocenters. The highest BCUT2D eigenvalue weighted by Gasteiger charge is 2.24. The minimum atomic E-state index is 0.0368. The van der Waals surface area contributed by atoms with Gasteiger partial charge >= 0.3 is 0 Å². The summed E-state index contributed by atoms with van der Waals surface area (Å²) in [6.45, 7) is 5.56. The number of hydrogen-bond donors (Lipinski definition) is 0. The van der Waals surface area contributed by atoms with Gasteiger partial charge in [-0.05, 0) is 16.8 Å². The van der Waals surface area contributed by atoms with Crippen LogP contribution in [0.5, 0.6) is 0 Å². The predicted molar refractivity (Wildman–Crippen MR) is 62.3 cm³/mol. The van der Waals surface area contributed by atoms with Crippen molar-refractivity contribution in [1.29, 1.82) is 5.26 Å². The van der Waals surface area contributed by atoms with E-state index in [0.29, 0.717) is 0 Å². The molecule has 17 heavy (non-hydrogen) atoms. The number of aryl methyl sites for hydroxylation is 1. The number of nitriles is 1. The van der Waals surface area contributed by atoms with Crippen LogP contribution in [0.2, 0.25) is 0 Å². The van der Waals surface area contributed by atoms with Gasteiger partial charge in [0.2, 0.25) is 5.95 Å². The molecule has 1 aliphatic heterocycles. The second-order valence-electron chi connectivity index (χ2n) is 4.18. The average molecular weight is 235 g/mol. The highest BCUT2D eigenvalue weighted by atomic mass is 15.6. The van der Waals surface area contributed by atoms with Gasteiger partial charge in [0.25, 0.3) is 0 Å². The fourth-order valence-electron chi connectivity index (χ4n) is 2.16. The number of nitrogens with zero attached hydrogens (tertiary/aromatic N) is 7. The van der Waals surface area contributed by atoms with E-state index in [4.69, 9.17) is 5.26 Å². The molecule has 92 valence electrons. The molecule has 0 amide bonds. The SMILES string of the molecule is CCC(C#N)N1CCN(c2nnnn2C)CC1. The second kappa shape index (κ2) is 5.10. The number of anilines is 1. The smallest absolute Gasteiger partial charge is 0.245 e. The molecule has 0 radical (unpaired) electrons. The van der Waals surface area contributed by atoms with Crippen molar-refractivity contribution in [3.63, 3.8) is 0 Å². The first-order chi connectivity index (χ1) is 8.26. The molecule has 7 heteroatoms. The molecule has 1 aliphatic rings. The lowest BCUT2D eigenvalue weighted by molar-refractivity contribution is 0.215. The third-order valence-electron chi connectivity index (χ3n) is 3.17. The summed E-state index contributed by atoms with van der Waals surface area (Å²) in [5, 5.41) is 20.5. The lowest BCUT2D eigenvalue weighted by atomic mass is 10.2. The third-order valence-corrected chi connectivity index (χ3v) is 3.17. The maximum atomic E-state index is 9.03. The molecule has 2 rings (SSSR count). The molecular formula is C10H17N7. The van der Waals surface area contributed by atoms with E-state index in [1.165, 1.54) is 0 Å². The normalized spacial score (nSPS) is 19.0. The summed E-state index contributed by atoms with van der Waals surface area (Å²) < 4.78 is 1.68. The summed E-state index contributed by atoms with van der Waals surface area (Å²) in [5.74, 6) is 0.801. The summed E-state index contributed by atoms with van der Waals surface area (Å²) in [6.07, 6.45) is 0.877. The Kier molecular flexibility index (Phi) is 3.54. The molecule has 0 N–H and O–H groups in total. The van der Waals surface area contributed by atoms with Crippen LogP contribution in [0, 0.1) is 11.3 Å². The van der Waals surface area contributed by atoms with Crippen LogP contribution in [0.1, 0.15) is 13.3 Å². The van der Waals surface area contributed by atoms with Crippen molar-refractivity contribution in [3.05, 3.63) is 0 Å². The van der Waals surface area contributed by atoms with Crippen molar-refractivity contribution in [1.82, 2.24) is 25.1 Å². The van der Waals surface area contributed by atoms with Crippen LogP contribution in [-0.4, -0.2) is 57.3 Å². The van der Waals surface area contributed by atoms with E-state index >= 15 is 0 Å². The fraction of sp³-hybridized carbons (Fsp3) is 0.800. The molecule has 0 saturated carbocycles. The van der Waals surface area contributed by atoms with Crippen molar-refractivity contribution < 1.29 is 0 Å². The van der Waals surface area contributed by atoms with Crippen molar-refractivity contribution in [2.75, 3.05) is 31.1 Å². The molecule has 0 aliphatic carbocycles. The van der Waals surface area contributed by atoms with Gasteiger partial charge in [0.15, 0.2) is 0 Å². The second-order valence-corrected chi connectivity index (χ2v) is 4.18. The molecule has 1 saturated heterocycles. The minimum Gasteiger partial charge on any atom is -0.337 e. The maximum absolute atomic E-state index is 9.03. The third kappa shape index (κ3) is 2.36. The van der Waals surface area contributed by atoms with Crippen molar-refractivity contribution in [2.45, 2.75) is 19.4 Å². The van der Waals surface area contributed by atoms with E-state index in [0.717, 1.165) is 38.5 Å². The Hall–Kier alpha value is -1.68. The molecule has 7 nitrogen and oxygen atoms in total. The lowest BCUT2D eigenvalue weighted by Crippen LogP contribution is -2.50. The average Bonchev–Trinajstić information content (AvgIpc) is 2.78. The number of hydrogen-bond acceptors (Lipinski definition) is 6. The Labute approximate surface area is 101 Å². The molecule has 1 aromatic heterocycles. The summed E-state index contributed by atoms with van der Waals surface area (Å²) in [5.41, 5.74) is 0. The van der Waals surface area contributed by atoms with Crippen LogP contribution in [0.15, 0.2) is 0 Å². The lowest BCUT2D eigenvalue weighted by Gasteiger charge is -2.36. The van der Waals surface area contributed by atoms with E-state index in [1.54, 1.807) is 4.68 Å². The van der Waals surface area contributed by atoms with Crippen molar-refractivity contribution in [2.24, 2.45) is 7.05 Å². The zero-order valence-corrected chi connectivity index (χ0v) is 10.2. The fourth-order valence-corrected chi connectivity index (χ4v) is 2.16. The van der Waals surface area contributed by atoms with Gasteiger partial charge in [0.05, 0.1) is 12.1 Å². The summed E-state index contributed by atoms with van der Waals surface area (Å²) in [7, 11) is 1.84. The molecular weight excluding hydrogens is 218 g/mol. The first-order valence-electron chi connectivity index (χ1n) is 5.87. The topological polar surface area (TPSA) is 73.9 Å². The molecule has 1 unspecified atom stereocenters. The Morgan fingerprint density at radius 1 is 1.35 bits per heavy atom. The molecule has 0 aromatic carbocycles. The van der Waals surface area contributed by atoms with E-state index in [9.17, 15) is 0 Å². The molecule has 0 spiro atoms. The monoisotopic (exact) mass is 235 g/mol. The van der Waals surface area contributed by atoms with Crippen LogP contribution in [0.3, 0.4) is 0 Å². The minimum absolute atomic E-state index is 0.0368. The number of piperazine rings is 1. The largest absolute Gasteiger partial charge is 0.337 e. The zero-order valence-electron chi connectivity index (χ0n) is 10.2. The Morgan fingerprint density at radius 3 is 2.53 bits per heavy atom.